The van der Waals surface area contributed by atoms with Gasteiger partial charge in [0.15, 0.2) is 0 Å². The zero-order valence-electron chi connectivity index (χ0n) is 19.7. The summed E-state index contributed by atoms with van der Waals surface area (Å²) in [6, 6.07) is -9.31. The molecule has 0 spiro atoms. The summed E-state index contributed by atoms with van der Waals surface area (Å²) in [6.45, 7) is 0. The molecule has 0 aliphatic rings. The Morgan fingerprint density at radius 3 is 0.723 bits per heavy atom. The lowest BCUT2D eigenvalue weighted by Gasteiger charge is -2.29. The molecule has 7 nitrogen and oxygen atoms in total. The summed E-state index contributed by atoms with van der Waals surface area (Å²) in [4.78, 5) is 0. The quantitative estimate of drug-likeness (QED) is 0.0882. The molecule has 0 fully saturated rings. The highest BCUT2D eigenvalue weighted by Crippen LogP contribution is 2.49. The molecule has 0 aromatic rings. The molecule has 280 valence electrons. The van der Waals surface area contributed by atoms with Crippen LogP contribution in [-0.4, -0.2) is 62.0 Å². The Balaban J connectivity index is 6.22. The Hall–Kier alpha value is -2.78. The van der Waals surface area contributed by atoms with Crippen molar-refractivity contribution in [2.75, 3.05) is 0 Å². The van der Waals surface area contributed by atoms with Gasteiger partial charge in [-0.25, -0.2) is 18.9 Å². The Morgan fingerprint density at radius 1 is 0.298 bits per heavy atom. The average molecular weight is 774 g/mol. The van der Waals surface area contributed by atoms with Crippen LogP contribution in [0.15, 0.2) is 23.7 Å². The second kappa shape index (κ2) is 13.3. The summed E-state index contributed by atoms with van der Waals surface area (Å²) in [6.07, 6.45) is -56.5. The molecular weight excluding hydrogens is 774 g/mol. The minimum absolute atomic E-state index is 1.48. The highest BCUT2D eigenvalue weighted by molar-refractivity contribution is 5.14. The van der Waals surface area contributed by atoms with Gasteiger partial charge in [0.25, 0.3) is 11.7 Å². The third-order valence-corrected chi connectivity index (χ3v) is 3.25. The van der Waals surface area contributed by atoms with Crippen molar-refractivity contribution in [1.29, 1.82) is 0 Å². The van der Waals surface area contributed by atoms with Gasteiger partial charge in [0.05, 0.1) is 0 Å². The van der Waals surface area contributed by atoms with Crippen LogP contribution < -0.4 is 0 Å². The van der Waals surface area contributed by atoms with Crippen LogP contribution in [0.2, 0.25) is 0 Å². The molecule has 0 rings (SSSR count). The lowest BCUT2D eigenvalue weighted by atomic mass is 10.2. The molecular formula is C14F26O7. The van der Waals surface area contributed by atoms with Gasteiger partial charge in [0.1, 0.15) is 0 Å². The van der Waals surface area contributed by atoms with Crippen molar-refractivity contribution in [3.63, 3.8) is 0 Å². The van der Waals surface area contributed by atoms with Gasteiger partial charge < -0.3 is 4.74 Å². The van der Waals surface area contributed by atoms with Crippen molar-refractivity contribution in [2.45, 2.75) is 62.0 Å². The van der Waals surface area contributed by atoms with E-state index in [9.17, 15) is 114 Å². The number of hydrogen-bond acceptors (Lipinski definition) is 7. The first-order valence-corrected chi connectivity index (χ1v) is 9.27. The maximum atomic E-state index is 13.4. The number of hydrogen-bond donors (Lipinski definition) is 0. The highest BCUT2D eigenvalue weighted by Gasteiger charge is 2.70. The van der Waals surface area contributed by atoms with E-state index in [-0.39, 0.29) is 0 Å². The van der Waals surface area contributed by atoms with Crippen molar-refractivity contribution in [3.8, 4) is 0 Å². The molecule has 0 aromatic heterocycles. The summed E-state index contributed by atoms with van der Waals surface area (Å²) >= 11 is 0. The molecule has 0 unspecified atom stereocenters. The van der Waals surface area contributed by atoms with E-state index >= 15 is 0 Å². The fraction of sp³-hybridized carbons (Fsp3) is 0.714. The second-order valence-corrected chi connectivity index (χ2v) is 6.82. The summed E-state index contributed by atoms with van der Waals surface area (Å²) in [5.41, 5.74) is 0. The third kappa shape index (κ3) is 13.0. The Labute approximate surface area is 234 Å². The highest BCUT2D eigenvalue weighted by atomic mass is 19.4. The molecule has 0 atom stereocenters. The lowest BCUT2D eigenvalue weighted by molar-refractivity contribution is -0.592. The van der Waals surface area contributed by atoms with Crippen LogP contribution in [0.4, 0.5) is 114 Å². The molecule has 47 heavy (non-hydrogen) atoms. The molecule has 0 aliphatic carbocycles. The van der Waals surface area contributed by atoms with Crippen molar-refractivity contribution in [3.05, 3.63) is 23.7 Å². The van der Waals surface area contributed by atoms with Crippen LogP contribution in [0.5, 0.6) is 0 Å². The van der Waals surface area contributed by atoms with Crippen molar-refractivity contribution >= 4 is 0 Å². The van der Waals surface area contributed by atoms with E-state index in [2.05, 4.69) is 0 Å². The van der Waals surface area contributed by atoms with Crippen LogP contribution in [0.3, 0.4) is 0 Å². The molecule has 33 heteroatoms. The topological polar surface area (TPSA) is 64.6 Å². The van der Waals surface area contributed by atoms with Crippen molar-refractivity contribution < 1.29 is 147 Å². The minimum atomic E-state index is -7.64. The van der Waals surface area contributed by atoms with E-state index in [0.29, 0.717) is 0 Å². The molecule has 0 radical (unpaired) electrons. The van der Waals surface area contributed by atoms with Crippen molar-refractivity contribution in [1.82, 2.24) is 0 Å². The summed E-state index contributed by atoms with van der Waals surface area (Å²) in [7, 11) is 0. The van der Waals surface area contributed by atoms with Gasteiger partial charge in [-0.2, -0.15) is 62.2 Å². The van der Waals surface area contributed by atoms with Crippen LogP contribution in [0.25, 0.3) is 0 Å². The molecule has 0 aromatic carbocycles. The first-order valence-electron chi connectivity index (χ1n) is 9.27. The first kappa shape index (κ1) is 44.2. The Morgan fingerprint density at radius 2 is 0.511 bits per heavy atom. The summed E-state index contributed by atoms with van der Waals surface area (Å²) in [5, 5.41) is 0. The van der Waals surface area contributed by atoms with Crippen LogP contribution in [-0.2, 0) is 33.2 Å². The summed E-state index contributed by atoms with van der Waals surface area (Å²) in [5.74, 6) is -25.2. The fourth-order valence-corrected chi connectivity index (χ4v) is 1.73. The maximum Gasteiger partial charge on any atom is 0.529 e. The lowest BCUT2D eigenvalue weighted by Crippen LogP contribution is -2.51. The van der Waals surface area contributed by atoms with E-state index in [1.165, 1.54) is 18.9 Å². The van der Waals surface area contributed by atoms with Crippen LogP contribution in [0.1, 0.15) is 0 Å². The van der Waals surface area contributed by atoms with E-state index in [1.807, 2.05) is 4.74 Å². The predicted octanol–water partition coefficient (Wildman–Crippen LogP) is 9.02. The number of ether oxygens (including phenoxy) is 7. The van der Waals surface area contributed by atoms with Gasteiger partial charge >= 0.3 is 74.0 Å². The molecule has 0 aliphatic heterocycles. The second-order valence-electron chi connectivity index (χ2n) is 6.82. The molecule has 0 bridgehead atoms. The minimum Gasteiger partial charge on any atom is -0.400 e. The standard InChI is InChI=1S/C14F26O7/c15-1(5(19,20)7(23,24)42-11(33,34)46-13(37,38)44-9(27,28)29)3(17)41-4(18)2(16)6(21,22)8(25,26)43-12(35,36)47-14(39,40)45-10(30,31)32. The zero-order chi connectivity index (χ0) is 38.3. The van der Waals surface area contributed by atoms with E-state index in [1.54, 1.807) is 9.47 Å². The Bertz CT molecular complexity index is 1060. The summed E-state index contributed by atoms with van der Waals surface area (Å²) < 4.78 is 343. The number of halogens is 26. The van der Waals surface area contributed by atoms with Crippen molar-refractivity contribution in [2.24, 2.45) is 0 Å². The maximum absolute atomic E-state index is 13.4. The molecule has 0 saturated carbocycles. The SMILES string of the molecule is FC(OC(F)=C(F)C(F)(F)C(F)(F)OC(F)(F)OC(F)(F)OC(F)(F)F)=C(F)C(F)(F)C(F)(F)OC(F)(F)OC(F)(F)OC(F)(F)F. The van der Waals surface area contributed by atoms with E-state index < -0.39 is 85.6 Å². The predicted molar refractivity (Wildman–Crippen MR) is 77.8 cm³/mol. The molecule has 0 saturated heterocycles. The first-order chi connectivity index (χ1) is 20.1. The molecule has 0 heterocycles. The van der Waals surface area contributed by atoms with Gasteiger partial charge in [-0.05, 0) is 0 Å². The van der Waals surface area contributed by atoms with E-state index in [4.69, 9.17) is 0 Å². The average Bonchev–Trinajstić information content (AvgIpc) is 2.70. The van der Waals surface area contributed by atoms with E-state index in [0.717, 1.165) is 0 Å². The normalized spacial score (nSPS) is 16.6. The molecule has 0 N–H and O–H groups in total. The van der Waals surface area contributed by atoms with Crippen LogP contribution in [0, 0.1) is 0 Å². The van der Waals surface area contributed by atoms with Gasteiger partial charge in [0.2, 0.25) is 0 Å². The zero-order valence-corrected chi connectivity index (χ0v) is 19.7. The third-order valence-electron chi connectivity index (χ3n) is 3.25. The van der Waals surface area contributed by atoms with Gasteiger partial charge in [-0.1, -0.05) is 0 Å². The monoisotopic (exact) mass is 774 g/mol. The molecule has 0 amide bonds. The smallest absolute Gasteiger partial charge is 0.400 e. The Kier molecular flexibility index (Phi) is 12.5. The van der Waals surface area contributed by atoms with Gasteiger partial charge in [0, 0.05) is 0 Å². The number of alkyl halides is 22. The fourth-order valence-electron chi connectivity index (χ4n) is 1.73. The van der Waals surface area contributed by atoms with Gasteiger partial charge in [-0.15, -0.1) is 61.5 Å². The number of rotatable bonds is 16. The van der Waals surface area contributed by atoms with Crippen LogP contribution >= 0.6 is 0 Å². The van der Waals surface area contributed by atoms with Gasteiger partial charge in [-0.3, -0.25) is 0 Å². The largest absolute Gasteiger partial charge is 0.529 e.